The third kappa shape index (κ3) is 5.18. The average molecular weight is 294 g/mol. The number of rotatable bonds is 7. The number of aliphatic hydroxyl groups is 1. The van der Waals surface area contributed by atoms with E-state index in [-0.39, 0.29) is 19.8 Å². The minimum atomic E-state index is -1.03. The molecule has 1 aromatic carbocycles. The predicted molar refractivity (Wildman–Crippen MR) is 74.2 cm³/mol. The van der Waals surface area contributed by atoms with Gasteiger partial charge in [-0.05, 0) is 19.4 Å². The molecule has 0 atom stereocenters. The first kappa shape index (κ1) is 16.6. The Bertz CT molecular complexity index is 506. The average Bonchev–Trinajstić information content (AvgIpc) is 2.49. The van der Waals surface area contributed by atoms with Crippen molar-refractivity contribution in [3.8, 4) is 0 Å². The molecule has 0 amide bonds. The first-order valence-electron chi connectivity index (χ1n) is 6.54. The van der Waals surface area contributed by atoms with Crippen LogP contribution in [0.15, 0.2) is 41.9 Å². The van der Waals surface area contributed by atoms with E-state index in [1.807, 2.05) is 6.07 Å². The molecule has 0 aromatic heterocycles. The fraction of sp³-hybridized carbons (Fsp3) is 0.333. The van der Waals surface area contributed by atoms with E-state index in [0.717, 1.165) is 5.56 Å². The summed E-state index contributed by atoms with van der Waals surface area (Å²) in [5.41, 5.74) is 0.774. The highest BCUT2D eigenvalue weighted by molar-refractivity contribution is 5.97. The molecular weight excluding hydrogens is 276 g/mol. The summed E-state index contributed by atoms with van der Waals surface area (Å²) in [6.45, 7) is 3.36. The number of hydrogen-bond donors (Lipinski definition) is 1. The van der Waals surface area contributed by atoms with Crippen molar-refractivity contribution in [1.29, 1.82) is 0 Å². The first-order chi connectivity index (χ1) is 10.1. The number of esters is 2. The Kier molecular flexibility index (Phi) is 6.80. The van der Waals surface area contributed by atoms with Crippen molar-refractivity contribution >= 4 is 11.9 Å². The zero-order chi connectivity index (χ0) is 15.7. The highest BCUT2D eigenvalue weighted by Crippen LogP contribution is 2.12. The van der Waals surface area contributed by atoms with Gasteiger partial charge in [-0.3, -0.25) is 0 Å². The Morgan fingerprint density at radius 3 is 2.10 bits per heavy atom. The lowest BCUT2D eigenvalue weighted by Gasteiger charge is -2.11. The summed E-state index contributed by atoms with van der Waals surface area (Å²) in [5, 5.41) is 9.76. The van der Waals surface area contributed by atoms with Crippen molar-refractivity contribution in [2.45, 2.75) is 20.5 Å². The maximum absolute atomic E-state index is 11.7. The number of benzene rings is 1. The Hall–Kier alpha value is -2.50. The van der Waals surface area contributed by atoms with E-state index >= 15 is 0 Å². The van der Waals surface area contributed by atoms with Crippen LogP contribution in [0.2, 0.25) is 0 Å². The molecule has 0 bridgehead atoms. The van der Waals surface area contributed by atoms with Gasteiger partial charge in [0.15, 0.2) is 0 Å². The number of carbonyl (C=O) groups excluding carboxylic acids is 2. The number of aliphatic hydroxyl groups excluding tert-OH is 1. The van der Waals surface area contributed by atoms with Gasteiger partial charge in [0, 0.05) is 0 Å². The summed E-state index contributed by atoms with van der Waals surface area (Å²) >= 11 is 0. The largest absolute Gasteiger partial charge is 0.499 e. The zero-order valence-corrected chi connectivity index (χ0v) is 12.0. The third-order valence-corrected chi connectivity index (χ3v) is 2.37. The van der Waals surface area contributed by atoms with Gasteiger partial charge in [0.1, 0.15) is 6.61 Å². The van der Waals surface area contributed by atoms with Gasteiger partial charge in [0.2, 0.25) is 0 Å². The summed E-state index contributed by atoms with van der Waals surface area (Å²) in [4.78, 5) is 23.2. The van der Waals surface area contributed by atoms with E-state index < -0.39 is 23.5 Å². The van der Waals surface area contributed by atoms with Crippen molar-refractivity contribution < 1.29 is 28.9 Å². The lowest BCUT2D eigenvalue weighted by atomic mass is 10.2. The van der Waals surface area contributed by atoms with E-state index in [9.17, 15) is 14.7 Å². The number of ether oxygens (including phenoxy) is 3. The molecule has 0 saturated carbocycles. The summed E-state index contributed by atoms with van der Waals surface area (Å²) < 4.78 is 14.6. The van der Waals surface area contributed by atoms with Crippen LogP contribution in [-0.4, -0.2) is 30.3 Å². The molecule has 0 aliphatic carbocycles. The van der Waals surface area contributed by atoms with Gasteiger partial charge in [-0.2, -0.15) is 0 Å². The van der Waals surface area contributed by atoms with Gasteiger partial charge in [0.05, 0.1) is 13.2 Å². The van der Waals surface area contributed by atoms with Crippen LogP contribution in [0.25, 0.3) is 0 Å². The Balaban J connectivity index is 2.89. The highest BCUT2D eigenvalue weighted by atomic mass is 16.6. The minimum absolute atomic E-state index is 0.0124. The van der Waals surface area contributed by atoms with Crippen LogP contribution in [-0.2, 0) is 30.4 Å². The van der Waals surface area contributed by atoms with Gasteiger partial charge < -0.3 is 19.3 Å². The topological polar surface area (TPSA) is 82.1 Å². The smallest absolute Gasteiger partial charge is 0.377 e. The summed E-state index contributed by atoms with van der Waals surface area (Å²) in [7, 11) is 0. The van der Waals surface area contributed by atoms with E-state index in [1.54, 1.807) is 38.1 Å². The molecule has 0 aliphatic heterocycles. The van der Waals surface area contributed by atoms with Crippen LogP contribution in [0.5, 0.6) is 0 Å². The SMILES string of the molecule is CCOC(=O)/C(O)=C(/OCc1ccccc1)C(=O)OCC. The maximum atomic E-state index is 11.7. The molecule has 0 spiro atoms. The number of carbonyl (C=O) groups is 2. The summed E-state index contributed by atoms with van der Waals surface area (Å²) in [6, 6.07) is 9.01. The molecule has 0 saturated heterocycles. The lowest BCUT2D eigenvalue weighted by molar-refractivity contribution is -0.147. The van der Waals surface area contributed by atoms with Crippen LogP contribution in [0.1, 0.15) is 19.4 Å². The normalized spacial score (nSPS) is 11.3. The molecule has 1 aromatic rings. The quantitative estimate of drug-likeness (QED) is 0.471. The summed E-state index contributed by atoms with van der Waals surface area (Å²) in [5.74, 6) is -3.40. The van der Waals surface area contributed by atoms with Crippen molar-refractivity contribution in [2.24, 2.45) is 0 Å². The van der Waals surface area contributed by atoms with Gasteiger partial charge >= 0.3 is 11.9 Å². The predicted octanol–water partition coefficient (Wildman–Crippen LogP) is 2.10. The fourth-order valence-corrected chi connectivity index (χ4v) is 1.44. The van der Waals surface area contributed by atoms with Crippen LogP contribution in [0.3, 0.4) is 0 Å². The molecular formula is C15H18O6. The second kappa shape index (κ2) is 8.63. The van der Waals surface area contributed by atoms with Crippen LogP contribution in [0, 0.1) is 0 Å². The molecule has 1 N–H and O–H groups in total. The number of hydrogen-bond acceptors (Lipinski definition) is 6. The van der Waals surface area contributed by atoms with Gasteiger partial charge in [-0.1, -0.05) is 30.3 Å². The monoisotopic (exact) mass is 294 g/mol. The van der Waals surface area contributed by atoms with Crippen molar-refractivity contribution in [2.75, 3.05) is 13.2 Å². The molecule has 0 heterocycles. The van der Waals surface area contributed by atoms with Crippen LogP contribution in [0.4, 0.5) is 0 Å². The second-order valence-corrected chi connectivity index (χ2v) is 3.89. The Morgan fingerprint density at radius 1 is 0.952 bits per heavy atom. The van der Waals surface area contributed by atoms with E-state index in [4.69, 9.17) is 9.47 Å². The molecule has 0 fully saturated rings. The van der Waals surface area contributed by atoms with Crippen molar-refractivity contribution in [3.05, 3.63) is 47.4 Å². The standard InChI is InChI=1S/C15H18O6/c1-3-19-14(17)12(16)13(15(18)20-4-2)21-10-11-8-6-5-7-9-11/h5-9,16H,3-4,10H2,1-2H3/b13-12-. The highest BCUT2D eigenvalue weighted by Gasteiger charge is 2.25. The van der Waals surface area contributed by atoms with E-state index in [1.165, 1.54) is 0 Å². The van der Waals surface area contributed by atoms with Gasteiger partial charge in [0.25, 0.3) is 11.5 Å². The minimum Gasteiger partial charge on any atom is -0.499 e. The zero-order valence-electron chi connectivity index (χ0n) is 12.0. The second-order valence-electron chi connectivity index (χ2n) is 3.89. The van der Waals surface area contributed by atoms with Gasteiger partial charge in [-0.15, -0.1) is 0 Å². The maximum Gasteiger partial charge on any atom is 0.377 e. The molecule has 0 aliphatic rings. The molecule has 114 valence electrons. The Labute approximate surface area is 122 Å². The molecule has 0 unspecified atom stereocenters. The molecule has 6 heteroatoms. The molecule has 1 rings (SSSR count). The van der Waals surface area contributed by atoms with E-state index in [2.05, 4.69) is 4.74 Å². The van der Waals surface area contributed by atoms with Crippen molar-refractivity contribution in [1.82, 2.24) is 0 Å². The molecule has 21 heavy (non-hydrogen) atoms. The first-order valence-corrected chi connectivity index (χ1v) is 6.54. The van der Waals surface area contributed by atoms with Crippen LogP contribution >= 0.6 is 0 Å². The lowest BCUT2D eigenvalue weighted by Crippen LogP contribution is -2.18. The molecule has 6 nitrogen and oxygen atoms in total. The Morgan fingerprint density at radius 2 is 1.52 bits per heavy atom. The van der Waals surface area contributed by atoms with E-state index in [0.29, 0.717) is 0 Å². The third-order valence-electron chi connectivity index (χ3n) is 2.37. The van der Waals surface area contributed by atoms with Crippen LogP contribution < -0.4 is 0 Å². The van der Waals surface area contributed by atoms with Crippen molar-refractivity contribution in [3.63, 3.8) is 0 Å². The fourth-order valence-electron chi connectivity index (χ4n) is 1.44. The molecule has 0 radical (unpaired) electrons. The summed E-state index contributed by atoms with van der Waals surface area (Å²) in [6.07, 6.45) is 0. The van der Waals surface area contributed by atoms with Gasteiger partial charge in [-0.25, -0.2) is 9.59 Å².